The van der Waals surface area contributed by atoms with E-state index >= 15 is 0 Å². The Bertz CT molecular complexity index is 893. The van der Waals surface area contributed by atoms with Gasteiger partial charge in [-0.1, -0.05) is 49.6 Å². The average Bonchev–Trinajstić information content (AvgIpc) is 2.80. The van der Waals surface area contributed by atoms with E-state index in [1.807, 2.05) is 24.3 Å². The molecule has 32 heavy (non-hydrogen) atoms. The van der Waals surface area contributed by atoms with E-state index in [0.717, 1.165) is 0 Å². The zero-order valence-electron chi connectivity index (χ0n) is 18.1. The molecule has 7 nitrogen and oxygen atoms in total. The minimum Gasteiger partial charge on any atom is -0.491 e. The van der Waals surface area contributed by atoms with E-state index in [0.29, 0.717) is 11.5 Å². The van der Waals surface area contributed by atoms with Crippen LogP contribution in [0.1, 0.15) is 13.3 Å². The van der Waals surface area contributed by atoms with Gasteiger partial charge >= 0.3 is 11.9 Å². The van der Waals surface area contributed by atoms with Crippen molar-refractivity contribution in [1.29, 1.82) is 0 Å². The van der Waals surface area contributed by atoms with E-state index in [2.05, 4.69) is 13.2 Å². The van der Waals surface area contributed by atoms with E-state index in [1.165, 1.54) is 6.92 Å². The van der Waals surface area contributed by atoms with Crippen molar-refractivity contribution in [3.63, 3.8) is 0 Å². The van der Waals surface area contributed by atoms with Crippen molar-refractivity contribution in [2.75, 3.05) is 19.8 Å². The van der Waals surface area contributed by atoms with Crippen LogP contribution in [0.2, 0.25) is 0 Å². The van der Waals surface area contributed by atoms with Gasteiger partial charge in [-0.15, -0.1) is 0 Å². The van der Waals surface area contributed by atoms with Gasteiger partial charge in [-0.3, -0.25) is 0 Å². The van der Waals surface area contributed by atoms with E-state index in [4.69, 9.17) is 18.9 Å². The zero-order valence-corrected chi connectivity index (χ0v) is 18.1. The quantitative estimate of drug-likeness (QED) is 0.377. The predicted molar refractivity (Wildman–Crippen MR) is 119 cm³/mol. The first-order chi connectivity index (χ1) is 15.3. The number of carbonyl (C=O) groups is 2. The number of ether oxygens (including phenoxy) is 4. The monoisotopic (exact) mass is 440 g/mol. The maximum atomic E-state index is 12.5. The molecule has 0 heterocycles. The highest BCUT2D eigenvalue weighted by atomic mass is 16.6. The van der Waals surface area contributed by atoms with Crippen LogP contribution in [0.15, 0.2) is 85.0 Å². The molecule has 2 aromatic rings. The number of rotatable bonds is 13. The number of hydrogen-bond acceptors (Lipinski definition) is 7. The molecule has 0 aliphatic carbocycles. The van der Waals surface area contributed by atoms with E-state index in [9.17, 15) is 14.7 Å². The molecule has 170 valence electrons. The fourth-order valence-corrected chi connectivity index (χ4v) is 2.48. The van der Waals surface area contributed by atoms with Gasteiger partial charge in [-0.2, -0.15) is 0 Å². The Kier molecular flexibility index (Phi) is 10.0. The third-order valence-electron chi connectivity index (χ3n) is 4.16. The second-order valence-electron chi connectivity index (χ2n) is 7.12. The number of para-hydroxylation sites is 2. The minimum absolute atomic E-state index is 0.00686. The summed E-state index contributed by atoms with van der Waals surface area (Å²) in [4.78, 5) is 24.2. The first-order valence-corrected chi connectivity index (χ1v) is 10.1. The Labute approximate surface area is 187 Å². The summed E-state index contributed by atoms with van der Waals surface area (Å²) in [5, 5.41) is 10.2. The van der Waals surface area contributed by atoms with E-state index < -0.39 is 24.1 Å². The molecule has 0 fully saturated rings. The van der Waals surface area contributed by atoms with Gasteiger partial charge in [-0.05, 0) is 31.2 Å². The van der Waals surface area contributed by atoms with Gasteiger partial charge in [-0.25, -0.2) is 9.59 Å². The molecule has 0 bridgehead atoms. The SMILES string of the molecule is C=C(C)C(=O)OCC(COc1ccccc1)OC(=O)C(=C)CC(O)COc1ccccc1. The number of esters is 2. The van der Waals surface area contributed by atoms with Crippen molar-refractivity contribution in [1.82, 2.24) is 0 Å². The molecule has 2 unspecified atom stereocenters. The lowest BCUT2D eigenvalue weighted by Crippen LogP contribution is -2.32. The summed E-state index contributed by atoms with van der Waals surface area (Å²) in [6, 6.07) is 18.0. The van der Waals surface area contributed by atoms with Crippen LogP contribution in [-0.2, 0) is 19.1 Å². The molecule has 2 aromatic carbocycles. The van der Waals surface area contributed by atoms with Gasteiger partial charge in [0.25, 0.3) is 0 Å². The summed E-state index contributed by atoms with van der Waals surface area (Å²) < 4.78 is 21.6. The summed E-state index contributed by atoms with van der Waals surface area (Å²) in [6.45, 7) is 8.48. The number of hydrogen-bond donors (Lipinski definition) is 1. The smallest absolute Gasteiger partial charge is 0.334 e. The molecule has 7 heteroatoms. The summed E-state index contributed by atoms with van der Waals surface area (Å²) in [7, 11) is 0. The molecule has 0 saturated heterocycles. The number of aliphatic hydroxyl groups excluding tert-OH is 1. The Morgan fingerprint density at radius 3 is 1.91 bits per heavy atom. The minimum atomic E-state index is -0.949. The van der Waals surface area contributed by atoms with Gasteiger partial charge in [0.15, 0.2) is 6.10 Å². The molecular formula is C25H28O7. The first kappa shape index (κ1) is 24.7. The number of carbonyl (C=O) groups excluding carboxylic acids is 2. The third-order valence-corrected chi connectivity index (χ3v) is 4.16. The molecule has 0 aliphatic rings. The summed E-state index contributed by atoms with van der Waals surface area (Å²) in [6.07, 6.45) is -1.86. The average molecular weight is 440 g/mol. The zero-order chi connectivity index (χ0) is 23.3. The Balaban J connectivity index is 1.87. The van der Waals surface area contributed by atoms with Crippen LogP contribution in [0.25, 0.3) is 0 Å². The van der Waals surface area contributed by atoms with Crippen LogP contribution in [0.4, 0.5) is 0 Å². The highest BCUT2D eigenvalue weighted by molar-refractivity contribution is 5.88. The van der Waals surface area contributed by atoms with Gasteiger partial charge in [0, 0.05) is 17.6 Å². The largest absolute Gasteiger partial charge is 0.491 e. The summed E-state index contributed by atoms with van der Waals surface area (Å²) >= 11 is 0. The summed E-state index contributed by atoms with van der Waals surface area (Å²) in [5.74, 6) is -0.140. The second kappa shape index (κ2) is 13.0. The predicted octanol–water partition coefficient (Wildman–Crippen LogP) is 3.48. The highest BCUT2D eigenvalue weighted by Gasteiger charge is 2.22. The molecule has 0 aromatic heterocycles. The fraction of sp³-hybridized carbons (Fsp3) is 0.280. The maximum absolute atomic E-state index is 12.5. The van der Waals surface area contributed by atoms with Crippen molar-refractivity contribution >= 4 is 11.9 Å². The number of benzene rings is 2. The topological polar surface area (TPSA) is 91.3 Å². The van der Waals surface area contributed by atoms with Gasteiger partial charge < -0.3 is 24.1 Å². The van der Waals surface area contributed by atoms with Crippen molar-refractivity contribution in [2.24, 2.45) is 0 Å². The van der Waals surface area contributed by atoms with Crippen LogP contribution < -0.4 is 9.47 Å². The molecule has 0 radical (unpaired) electrons. The van der Waals surface area contributed by atoms with Crippen LogP contribution in [0.3, 0.4) is 0 Å². The fourth-order valence-electron chi connectivity index (χ4n) is 2.48. The van der Waals surface area contributed by atoms with Gasteiger partial charge in [0.1, 0.15) is 31.3 Å². The van der Waals surface area contributed by atoms with Crippen LogP contribution in [0, 0.1) is 0 Å². The lowest BCUT2D eigenvalue weighted by molar-refractivity contribution is -0.156. The molecule has 2 rings (SSSR count). The number of aliphatic hydroxyl groups is 1. The molecule has 2 atom stereocenters. The molecule has 1 N–H and O–H groups in total. The molecule has 0 amide bonds. The van der Waals surface area contributed by atoms with Crippen LogP contribution >= 0.6 is 0 Å². The lowest BCUT2D eigenvalue weighted by atomic mass is 10.1. The first-order valence-electron chi connectivity index (χ1n) is 10.1. The Morgan fingerprint density at radius 2 is 1.38 bits per heavy atom. The Morgan fingerprint density at radius 1 is 0.844 bits per heavy atom. The third kappa shape index (κ3) is 9.06. The molecule has 0 spiro atoms. The molecule has 0 saturated carbocycles. The van der Waals surface area contributed by atoms with Crippen molar-refractivity contribution in [2.45, 2.75) is 25.6 Å². The Hall–Kier alpha value is -3.58. The van der Waals surface area contributed by atoms with Crippen molar-refractivity contribution < 1.29 is 33.6 Å². The van der Waals surface area contributed by atoms with Crippen LogP contribution in [0.5, 0.6) is 11.5 Å². The van der Waals surface area contributed by atoms with Crippen molar-refractivity contribution in [3.8, 4) is 11.5 Å². The lowest BCUT2D eigenvalue weighted by Gasteiger charge is -2.20. The highest BCUT2D eigenvalue weighted by Crippen LogP contribution is 2.14. The maximum Gasteiger partial charge on any atom is 0.334 e. The molecular weight excluding hydrogens is 412 g/mol. The van der Waals surface area contributed by atoms with E-state index in [1.54, 1.807) is 36.4 Å². The summed E-state index contributed by atoms with van der Waals surface area (Å²) in [5.41, 5.74) is 0.287. The van der Waals surface area contributed by atoms with Crippen molar-refractivity contribution in [3.05, 3.63) is 85.0 Å². The normalized spacial score (nSPS) is 12.2. The van der Waals surface area contributed by atoms with Crippen LogP contribution in [-0.4, -0.2) is 49.1 Å². The van der Waals surface area contributed by atoms with Gasteiger partial charge in [0.2, 0.25) is 0 Å². The molecule has 0 aliphatic heterocycles. The van der Waals surface area contributed by atoms with Gasteiger partial charge in [0.05, 0.1) is 6.10 Å². The second-order valence-corrected chi connectivity index (χ2v) is 7.12. The van der Waals surface area contributed by atoms with E-state index in [-0.39, 0.29) is 37.4 Å². The standard InChI is InChI=1S/C25H28O7/c1-18(2)24(27)31-17-23(16-30-22-12-8-5-9-13-22)32-25(28)19(3)14-20(26)15-29-21-10-6-4-7-11-21/h4-13,20,23,26H,1,3,14-17H2,2H3.